The molecular formula is C12H9Br2N. The van der Waals surface area contributed by atoms with Gasteiger partial charge < -0.3 is 5.73 Å². The number of nitrogens with two attached hydrogens (primary N) is 1. The first-order valence-corrected chi connectivity index (χ1v) is 6.07. The van der Waals surface area contributed by atoms with Gasteiger partial charge in [-0.05, 0) is 39.7 Å². The van der Waals surface area contributed by atoms with Crippen molar-refractivity contribution in [3.63, 3.8) is 0 Å². The van der Waals surface area contributed by atoms with Crippen LogP contribution in [0.25, 0.3) is 11.1 Å². The maximum Gasteiger partial charge on any atom is 0.0538 e. The molecule has 0 saturated heterocycles. The van der Waals surface area contributed by atoms with E-state index in [0.717, 1.165) is 25.8 Å². The smallest absolute Gasteiger partial charge is 0.0538 e. The molecule has 0 aliphatic carbocycles. The average molecular weight is 327 g/mol. The molecule has 0 radical (unpaired) electrons. The van der Waals surface area contributed by atoms with E-state index in [1.807, 2.05) is 42.5 Å². The summed E-state index contributed by atoms with van der Waals surface area (Å²) in [6.07, 6.45) is 0. The van der Waals surface area contributed by atoms with E-state index in [0.29, 0.717) is 0 Å². The second kappa shape index (κ2) is 4.37. The monoisotopic (exact) mass is 325 g/mol. The second-order valence-corrected chi connectivity index (χ2v) is 4.98. The number of anilines is 1. The van der Waals surface area contributed by atoms with Crippen LogP contribution >= 0.6 is 31.9 Å². The molecule has 15 heavy (non-hydrogen) atoms. The van der Waals surface area contributed by atoms with Crippen LogP contribution in [-0.2, 0) is 0 Å². The zero-order valence-electron chi connectivity index (χ0n) is 7.87. The number of nitrogen functional groups attached to an aromatic ring is 1. The van der Waals surface area contributed by atoms with Crippen LogP contribution in [0.4, 0.5) is 5.69 Å². The number of halogens is 2. The Morgan fingerprint density at radius 2 is 1.53 bits per heavy atom. The summed E-state index contributed by atoms with van der Waals surface area (Å²) in [4.78, 5) is 0. The zero-order chi connectivity index (χ0) is 10.8. The highest BCUT2D eigenvalue weighted by Crippen LogP contribution is 2.31. The van der Waals surface area contributed by atoms with Crippen LogP contribution in [0.5, 0.6) is 0 Å². The third-order valence-electron chi connectivity index (χ3n) is 2.21. The Bertz CT molecular complexity index is 477. The van der Waals surface area contributed by atoms with Crippen molar-refractivity contribution in [3.05, 3.63) is 51.4 Å². The van der Waals surface area contributed by atoms with Gasteiger partial charge in [0.1, 0.15) is 0 Å². The van der Waals surface area contributed by atoms with Crippen LogP contribution in [0.3, 0.4) is 0 Å². The molecule has 0 unspecified atom stereocenters. The van der Waals surface area contributed by atoms with E-state index < -0.39 is 0 Å². The van der Waals surface area contributed by atoms with Crippen LogP contribution in [0.1, 0.15) is 0 Å². The average Bonchev–Trinajstić information content (AvgIpc) is 2.24. The van der Waals surface area contributed by atoms with Gasteiger partial charge >= 0.3 is 0 Å². The number of para-hydroxylation sites is 1. The van der Waals surface area contributed by atoms with Gasteiger partial charge in [-0.2, -0.15) is 0 Å². The summed E-state index contributed by atoms with van der Waals surface area (Å²) in [7, 11) is 0. The number of benzene rings is 2. The summed E-state index contributed by atoms with van der Waals surface area (Å²) >= 11 is 6.83. The molecule has 0 aliphatic rings. The van der Waals surface area contributed by atoms with Crippen molar-refractivity contribution in [2.75, 3.05) is 5.73 Å². The standard InChI is InChI=1S/C12H9Br2N/c13-9-6-4-8(5-7-9)10-2-1-3-11(14)12(10)15/h1-7H,15H2. The van der Waals surface area contributed by atoms with Gasteiger partial charge in [0, 0.05) is 14.5 Å². The minimum Gasteiger partial charge on any atom is -0.397 e. The number of hydrogen-bond acceptors (Lipinski definition) is 1. The molecule has 2 N–H and O–H groups in total. The third-order valence-corrected chi connectivity index (χ3v) is 3.43. The molecule has 2 rings (SSSR count). The van der Waals surface area contributed by atoms with Crippen LogP contribution < -0.4 is 5.73 Å². The lowest BCUT2D eigenvalue weighted by Gasteiger charge is -2.07. The molecule has 2 aromatic carbocycles. The topological polar surface area (TPSA) is 26.0 Å². The molecule has 1 nitrogen and oxygen atoms in total. The van der Waals surface area contributed by atoms with Gasteiger partial charge in [-0.3, -0.25) is 0 Å². The van der Waals surface area contributed by atoms with Crippen molar-refractivity contribution in [1.82, 2.24) is 0 Å². The van der Waals surface area contributed by atoms with Gasteiger partial charge in [0.2, 0.25) is 0 Å². The highest BCUT2D eigenvalue weighted by atomic mass is 79.9. The van der Waals surface area contributed by atoms with Crippen LogP contribution in [-0.4, -0.2) is 0 Å². The lowest BCUT2D eigenvalue weighted by Crippen LogP contribution is -1.90. The van der Waals surface area contributed by atoms with E-state index in [9.17, 15) is 0 Å². The molecule has 0 atom stereocenters. The Morgan fingerprint density at radius 1 is 0.867 bits per heavy atom. The van der Waals surface area contributed by atoms with Crippen LogP contribution in [0, 0.1) is 0 Å². The van der Waals surface area contributed by atoms with Gasteiger partial charge in [0.25, 0.3) is 0 Å². The molecular weight excluding hydrogens is 318 g/mol. The Labute approximate surface area is 106 Å². The fraction of sp³-hybridized carbons (Fsp3) is 0. The maximum absolute atomic E-state index is 5.99. The molecule has 0 saturated carbocycles. The van der Waals surface area contributed by atoms with Crippen molar-refractivity contribution >= 4 is 37.5 Å². The number of hydrogen-bond donors (Lipinski definition) is 1. The summed E-state index contributed by atoms with van der Waals surface area (Å²) in [5, 5.41) is 0. The molecule has 0 fully saturated rings. The van der Waals surface area contributed by atoms with Crippen LogP contribution in [0.15, 0.2) is 51.4 Å². The lowest BCUT2D eigenvalue weighted by molar-refractivity contribution is 1.57. The van der Waals surface area contributed by atoms with Gasteiger partial charge in [0.05, 0.1) is 5.69 Å². The van der Waals surface area contributed by atoms with Crippen LogP contribution in [0.2, 0.25) is 0 Å². The second-order valence-electron chi connectivity index (χ2n) is 3.21. The molecule has 0 heterocycles. The Kier molecular flexibility index (Phi) is 3.12. The van der Waals surface area contributed by atoms with Crippen molar-refractivity contribution < 1.29 is 0 Å². The van der Waals surface area contributed by atoms with E-state index >= 15 is 0 Å². The molecule has 0 amide bonds. The van der Waals surface area contributed by atoms with E-state index in [1.165, 1.54) is 0 Å². The first-order chi connectivity index (χ1) is 7.18. The number of rotatable bonds is 1. The highest BCUT2D eigenvalue weighted by Gasteiger charge is 2.04. The summed E-state index contributed by atoms with van der Waals surface area (Å²) in [5.74, 6) is 0. The minimum absolute atomic E-state index is 0.778. The summed E-state index contributed by atoms with van der Waals surface area (Å²) in [6.45, 7) is 0. The zero-order valence-corrected chi connectivity index (χ0v) is 11.0. The molecule has 2 aromatic rings. The normalized spacial score (nSPS) is 10.3. The minimum atomic E-state index is 0.778. The van der Waals surface area contributed by atoms with Crippen molar-refractivity contribution in [1.29, 1.82) is 0 Å². The largest absolute Gasteiger partial charge is 0.397 e. The molecule has 3 heteroatoms. The summed E-state index contributed by atoms with van der Waals surface area (Å²) in [6, 6.07) is 14.1. The fourth-order valence-electron chi connectivity index (χ4n) is 1.42. The Balaban J connectivity index is 2.54. The predicted molar refractivity (Wildman–Crippen MR) is 71.7 cm³/mol. The summed E-state index contributed by atoms with van der Waals surface area (Å²) < 4.78 is 2.00. The van der Waals surface area contributed by atoms with Crippen molar-refractivity contribution in [2.45, 2.75) is 0 Å². The maximum atomic E-state index is 5.99. The van der Waals surface area contributed by atoms with E-state index in [1.54, 1.807) is 0 Å². The van der Waals surface area contributed by atoms with Gasteiger partial charge in [0.15, 0.2) is 0 Å². The first kappa shape index (κ1) is 10.7. The van der Waals surface area contributed by atoms with Gasteiger partial charge in [-0.25, -0.2) is 0 Å². The predicted octanol–water partition coefficient (Wildman–Crippen LogP) is 4.46. The highest BCUT2D eigenvalue weighted by molar-refractivity contribution is 9.10. The molecule has 0 bridgehead atoms. The fourth-order valence-corrected chi connectivity index (χ4v) is 2.05. The lowest BCUT2D eigenvalue weighted by atomic mass is 10.0. The quantitative estimate of drug-likeness (QED) is 0.769. The van der Waals surface area contributed by atoms with E-state index in [-0.39, 0.29) is 0 Å². The Morgan fingerprint density at radius 3 is 2.20 bits per heavy atom. The van der Waals surface area contributed by atoms with E-state index in [4.69, 9.17) is 5.73 Å². The summed E-state index contributed by atoms with van der Waals surface area (Å²) in [5.41, 5.74) is 8.95. The molecule has 0 spiro atoms. The third kappa shape index (κ3) is 2.24. The van der Waals surface area contributed by atoms with Crippen molar-refractivity contribution in [2.24, 2.45) is 0 Å². The van der Waals surface area contributed by atoms with Crippen molar-refractivity contribution in [3.8, 4) is 11.1 Å². The Hall–Kier alpha value is -0.800. The SMILES string of the molecule is Nc1c(Br)cccc1-c1ccc(Br)cc1. The molecule has 0 aliphatic heterocycles. The van der Waals surface area contributed by atoms with E-state index in [2.05, 4.69) is 31.9 Å². The first-order valence-electron chi connectivity index (χ1n) is 4.48. The van der Waals surface area contributed by atoms with Gasteiger partial charge in [-0.1, -0.05) is 40.2 Å². The molecule has 76 valence electrons. The van der Waals surface area contributed by atoms with Gasteiger partial charge in [-0.15, -0.1) is 0 Å². The molecule has 0 aromatic heterocycles.